The lowest BCUT2D eigenvalue weighted by atomic mass is 9.80. The molecule has 2 unspecified atom stereocenters. The molecule has 3 heteroatoms. The number of fused-ring (bicyclic) bond motifs is 2. The Morgan fingerprint density at radius 1 is 1.29 bits per heavy atom. The predicted molar refractivity (Wildman–Crippen MR) is 73.1 cm³/mol. The number of hydrogen-bond acceptors (Lipinski definition) is 3. The quantitative estimate of drug-likeness (QED) is 0.810. The Balaban J connectivity index is 2.21. The molecular weight excluding hydrogens is 210 g/mol. The van der Waals surface area contributed by atoms with Crippen molar-refractivity contribution in [2.45, 2.75) is 70.1 Å². The standard InChI is InChI=1S/C14H29N3/c1-5-17(11(2)3)14(10-15)8-12-6-7-13(9-14)16(12)4/h11-13H,5-10,15H2,1-4H3. The second-order valence-corrected chi connectivity index (χ2v) is 6.27. The van der Waals surface area contributed by atoms with E-state index in [1.807, 2.05) is 0 Å². The van der Waals surface area contributed by atoms with Crippen LogP contribution in [0.1, 0.15) is 46.5 Å². The van der Waals surface area contributed by atoms with Gasteiger partial charge in [0.1, 0.15) is 0 Å². The normalized spacial score (nSPS) is 38.3. The lowest BCUT2D eigenvalue weighted by molar-refractivity contribution is -0.0135. The highest BCUT2D eigenvalue weighted by molar-refractivity contribution is 5.07. The fourth-order valence-corrected chi connectivity index (χ4v) is 4.31. The molecule has 0 aliphatic carbocycles. The maximum atomic E-state index is 6.19. The summed E-state index contributed by atoms with van der Waals surface area (Å²) in [5, 5.41) is 0. The van der Waals surface area contributed by atoms with Crippen molar-refractivity contribution in [1.29, 1.82) is 0 Å². The van der Waals surface area contributed by atoms with E-state index in [2.05, 4.69) is 37.6 Å². The zero-order chi connectivity index (χ0) is 12.6. The van der Waals surface area contributed by atoms with Crippen molar-refractivity contribution in [3.8, 4) is 0 Å². The SMILES string of the molecule is CCN(C(C)C)C1(CN)CC2CCC(C1)N2C. The van der Waals surface area contributed by atoms with Crippen molar-refractivity contribution in [2.24, 2.45) is 5.73 Å². The summed E-state index contributed by atoms with van der Waals surface area (Å²) in [5.41, 5.74) is 6.46. The van der Waals surface area contributed by atoms with Gasteiger partial charge in [-0.3, -0.25) is 4.90 Å². The molecule has 2 aliphatic heterocycles. The average molecular weight is 239 g/mol. The number of likely N-dealkylation sites (N-methyl/N-ethyl adjacent to an activating group) is 1. The van der Waals surface area contributed by atoms with Gasteiger partial charge in [-0.25, -0.2) is 0 Å². The summed E-state index contributed by atoms with van der Waals surface area (Å²) in [5.74, 6) is 0. The molecule has 0 radical (unpaired) electrons. The molecule has 2 N–H and O–H groups in total. The van der Waals surface area contributed by atoms with Crippen molar-refractivity contribution in [3.63, 3.8) is 0 Å². The van der Waals surface area contributed by atoms with Gasteiger partial charge in [0.25, 0.3) is 0 Å². The molecule has 0 saturated carbocycles. The van der Waals surface area contributed by atoms with Crippen LogP contribution in [0.4, 0.5) is 0 Å². The van der Waals surface area contributed by atoms with E-state index in [9.17, 15) is 0 Å². The van der Waals surface area contributed by atoms with E-state index < -0.39 is 0 Å². The van der Waals surface area contributed by atoms with Gasteiger partial charge in [-0.15, -0.1) is 0 Å². The van der Waals surface area contributed by atoms with Crippen LogP contribution in [0, 0.1) is 0 Å². The third kappa shape index (κ3) is 2.13. The van der Waals surface area contributed by atoms with Crippen molar-refractivity contribution < 1.29 is 0 Å². The van der Waals surface area contributed by atoms with Gasteiger partial charge in [0.2, 0.25) is 0 Å². The minimum Gasteiger partial charge on any atom is -0.329 e. The molecule has 2 fully saturated rings. The minimum absolute atomic E-state index is 0.265. The van der Waals surface area contributed by atoms with Crippen LogP contribution < -0.4 is 5.73 Å². The number of nitrogens with zero attached hydrogens (tertiary/aromatic N) is 2. The van der Waals surface area contributed by atoms with Crippen molar-refractivity contribution in [3.05, 3.63) is 0 Å². The van der Waals surface area contributed by atoms with Gasteiger partial charge in [-0.2, -0.15) is 0 Å². The second-order valence-electron chi connectivity index (χ2n) is 6.27. The first-order valence-corrected chi connectivity index (χ1v) is 7.23. The van der Waals surface area contributed by atoms with Gasteiger partial charge in [0.15, 0.2) is 0 Å². The number of piperidine rings is 1. The summed E-state index contributed by atoms with van der Waals surface area (Å²) < 4.78 is 0. The molecule has 0 amide bonds. The van der Waals surface area contributed by atoms with Crippen LogP contribution in [0.2, 0.25) is 0 Å². The van der Waals surface area contributed by atoms with Crippen molar-refractivity contribution in [2.75, 3.05) is 20.1 Å². The smallest absolute Gasteiger partial charge is 0.0364 e. The maximum absolute atomic E-state index is 6.19. The predicted octanol–water partition coefficient (Wildman–Crippen LogP) is 1.67. The van der Waals surface area contributed by atoms with Crippen LogP contribution in [0.25, 0.3) is 0 Å². The topological polar surface area (TPSA) is 32.5 Å². The minimum atomic E-state index is 0.265. The highest BCUT2D eigenvalue weighted by Crippen LogP contribution is 2.42. The molecule has 3 nitrogen and oxygen atoms in total. The molecule has 0 aromatic rings. The summed E-state index contributed by atoms with van der Waals surface area (Å²) in [6.07, 6.45) is 5.28. The Kier molecular flexibility index (Phi) is 3.81. The summed E-state index contributed by atoms with van der Waals surface area (Å²) >= 11 is 0. The summed E-state index contributed by atoms with van der Waals surface area (Å²) in [6.45, 7) is 8.83. The largest absolute Gasteiger partial charge is 0.329 e. The van der Waals surface area contributed by atoms with Gasteiger partial charge >= 0.3 is 0 Å². The Labute approximate surface area is 106 Å². The summed E-state index contributed by atoms with van der Waals surface area (Å²) in [6, 6.07) is 2.14. The highest BCUT2D eigenvalue weighted by atomic mass is 15.3. The van der Waals surface area contributed by atoms with E-state index in [1.54, 1.807) is 0 Å². The average Bonchev–Trinajstić information content (AvgIpc) is 2.54. The molecule has 0 aromatic heterocycles. The molecule has 0 aromatic carbocycles. The Morgan fingerprint density at radius 2 is 1.82 bits per heavy atom. The number of hydrogen-bond donors (Lipinski definition) is 1. The first-order chi connectivity index (χ1) is 8.04. The number of nitrogens with two attached hydrogens (primary N) is 1. The van der Waals surface area contributed by atoms with Crippen LogP contribution >= 0.6 is 0 Å². The van der Waals surface area contributed by atoms with Crippen LogP contribution in [0.3, 0.4) is 0 Å². The van der Waals surface area contributed by atoms with Gasteiger partial charge < -0.3 is 10.6 Å². The molecule has 2 saturated heterocycles. The highest BCUT2D eigenvalue weighted by Gasteiger charge is 2.49. The molecule has 2 rings (SSSR count). The van der Waals surface area contributed by atoms with Gasteiger partial charge in [-0.1, -0.05) is 6.92 Å². The van der Waals surface area contributed by atoms with E-state index in [0.717, 1.165) is 25.2 Å². The maximum Gasteiger partial charge on any atom is 0.0364 e. The molecule has 17 heavy (non-hydrogen) atoms. The van der Waals surface area contributed by atoms with Gasteiger partial charge in [-0.05, 0) is 53.1 Å². The van der Waals surface area contributed by atoms with E-state index in [-0.39, 0.29) is 5.54 Å². The zero-order valence-corrected chi connectivity index (χ0v) is 11.9. The molecule has 2 aliphatic rings. The van der Waals surface area contributed by atoms with E-state index in [1.165, 1.54) is 25.7 Å². The Bertz CT molecular complexity index is 250. The fraction of sp³-hybridized carbons (Fsp3) is 1.00. The molecule has 2 heterocycles. The van der Waals surface area contributed by atoms with Crippen LogP contribution in [0.15, 0.2) is 0 Å². The number of rotatable bonds is 4. The lowest BCUT2D eigenvalue weighted by Gasteiger charge is -2.52. The fourth-order valence-electron chi connectivity index (χ4n) is 4.31. The van der Waals surface area contributed by atoms with Crippen molar-refractivity contribution >= 4 is 0 Å². The van der Waals surface area contributed by atoms with Crippen LogP contribution in [-0.2, 0) is 0 Å². The summed E-state index contributed by atoms with van der Waals surface area (Å²) in [7, 11) is 2.30. The van der Waals surface area contributed by atoms with Crippen LogP contribution in [0.5, 0.6) is 0 Å². The lowest BCUT2D eigenvalue weighted by Crippen LogP contribution is -2.63. The summed E-state index contributed by atoms with van der Waals surface area (Å²) in [4.78, 5) is 5.24. The third-order valence-electron chi connectivity index (χ3n) is 5.17. The Hall–Kier alpha value is -0.120. The molecular formula is C14H29N3. The van der Waals surface area contributed by atoms with Crippen LogP contribution in [-0.4, -0.2) is 53.6 Å². The van der Waals surface area contributed by atoms with Crippen molar-refractivity contribution in [1.82, 2.24) is 9.80 Å². The molecule has 2 atom stereocenters. The monoisotopic (exact) mass is 239 g/mol. The zero-order valence-electron chi connectivity index (χ0n) is 11.9. The molecule has 100 valence electrons. The third-order valence-corrected chi connectivity index (χ3v) is 5.17. The van der Waals surface area contributed by atoms with Gasteiger partial charge in [0, 0.05) is 30.2 Å². The second kappa shape index (κ2) is 4.87. The molecule has 2 bridgehead atoms. The first kappa shape index (κ1) is 13.3. The van der Waals surface area contributed by atoms with E-state index >= 15 is 0 Å². The van der Waals surface area contributed by atoms with Gasteiger partial charge in [0.05, 0.1) is 0 Å². The van der Waals surface area contributed by atoms with E-state index in [4.69, 9.17) is 5.73 Å². The van der Waals surface area contributed by atoms with E-state index in [0.29, 0.717) is 6.04 Å². The molecule has 0 spiro atoms. The first-order valence-electron chi connectivity index (χ1n) is 7.23. The Morgan fingerprint density at radius 3 is 2.18 bits per heavy atom.